The second-order valence-electron chi connectivity index (χ2n) is 6.35. The van der Waals surface area contributed by atoms with Crippen LogP contribution in [-0.2, 0) is 0 Å². The number of benzene rings is 1. The molecule has 3 rings (SSSR count). The van der Waals surface area contributed by atoms with Gasteiger partial charge >= 0.3 is 0 Å². The van der Waals surface area contributed by atoms with E-state index in [0.29, 0.717) is 0 Å². The van der Waals surface area contributed by atoms with Crippen molar-refractivity contribution in [1.29, 1.82) is 0 Å². The normalized spacial score (nSPS) is 14.6. The monoisotopic (exact) mass is 343 g/mol. The van der Waals surface area contributed by atoms with E-state index < -0.39 is 0 Å². The predicted octanol–water partition coefficient (Wildman–Crippen LogP) is 3.54. The molecule has 2 aromatic rings. The summed E-state index contributed by atoms with van der Waals surface area (Å²) < 4.78 is 13.1. The highest BCUT2D eigenvalue weighted by molar-refractivity contribution is 5.52. The Morgan fingerprint density at radius 3 is 2.44 bits per heavy atom. The lowest BCUT2D eigenvalue weighted by atomic mass is 10.2. The Labute approximate surface area is 148 Å². The fourth-order valence-corrected chi connectivity index (χ4v) is 3.05. The Balaban J connectivity index is 1.54. The van der Waals surface area contributed by atoms with Crippen molar-refractivity contribution in [1.82, 2.24) is 9.97 Å². The van der Waals surface area contributed by atoms with E-state index in [1.165, 1.54) is 25.0 Å². The van der Waals surface area contributed by atoms with E-state index in [-0.39, 0.29) is 5.82 Å². The molecule has 1 aromatic carbocycles. The molecule has 6 heteroatoms. The van der Waals surface area contributed by atoms with E-state index in [1.54, 1.807) is 6.33 Å². The molecule has 1 N–H and O–H groups in total. The van der Waals surface area contributed by atoms with Crippen molar-refractivity contribution in [3.05, 3.63) is 42.5 Å². The number of unbranched alkanes of at least 4 members (excludes halogenated alkanes) is 2. The summed E-state index contributed by atoms with van der Waals surface area (Å²) in [4.78, 5) is 13.3. The van der Waals surface area contributed by atoms with Gasteiger partial charge in [-0.25, -0.2) is 14.4 Å². The molecule has 1 aliphatic heterocycles. The van der Waals surface area contributed by atoms with Crippen molar-refractivity contribution in [2.75, 3.05) is 47.8 Å². The lowest BCUT2D eigenvalue weighted by molar-refractivity contribution is 0.624. The molecule has 5 nitrogen and oxygen atoms in total. The number of halogens is 1. The molecule has 134 valence electrons. The van der Waals surface area contributed by atoms with Crippen LogP contribution in [0.15, 0.2) is 36.7 Å². The first-order valence-electron chi connectivity index (χ1n) is 9.07. The zero-order valence-electron chi connectivity index (χ0n) is 14.8. The Kier molecular flexibility index (Phi) is 6.04. The summed E-state index contributed by atoms with van der Waals surface area (Å²) in [6, 6.07) is 8.74. The molecule has 0 radical (unpaired) electrons. The van der Waals surface area contributed by atoms with Crippen LogP contribution < -0.4 is 15.1 Å². The maximum absolute atomic E-state index is 13.1. The molecule has 0 aliphatic carbocycles. The van der Waals surface area contributed by atoms with Crippen LogP contribution in [-0.4, -0.2) is 42.7 Å². The third-order valence-corrected chi connectivity index (χ3v) is 4.53. The van der Waals surface area contributed by atoms with Crippen molar-refractivity contribution in [2.24, 2.45) is 0 Å². The van der Waals surface area contributed by atoms with Gasteiger partial charge in [0.2, 0.25) is 0 Å². The van der Waals surface area contributed by atoms with Crippen molar-refractivity contribution in [3.8, 4) is 0 Å². The summed E-state index contributed by atoms with van der Waals surface area (Å²) in [6.45, 7) is 6.73. The minimum Gasteiger partial charge on any atom is -0.370 e. The highest BCUT2D eigenvalue weighted by Crippen LogP contribution is 2.20. The Morgan fingerprint density at radius 2 is 1.72 bits per heavy atom. The number of anilines is 3. The SMILES string of the molecule is CCCCCNc1cc(N2CCN(c3ccc(F)cc3)CC2)ncn1. The van der Waals surface area contributed by atoms with Crippen LogP contribution in [0.25, 0.3) is 0 Å². The predicted molar refractivity (Wildman–Crippen MR) is 101 cm³/mol. The number of nitrogens with zero attached hydrogens (tertiary/aromatic N) is 4. The highest BCUT2D eigenvalue weighted by Gasteiger charge is 2.18. The van der Waals surface area contributed by atoms with E-state index in [9.17, 15) is 4.39 Å². The Bertz CT molecular complexity index is 653. The fourth-order valence-electron chi connectivity index (χ4n) is 3.05. The summed E-state index contributed by atoms with van der Waals surface area (Å²) in [6.07, 6.45) is 5.24. The summed E-state index contributed by atoms with van der Waals surface area (Å²) in [5, 5.41) is 3.38. The number of aromatic nitrogens is 2. The lowest BCUT2D eigenvalue weighted by Crippen LogP contribution is -2.46. The number of hydrogen-bond acceptors (Lipinski definition) is 5. The van der Waals surface area contributed by atoms with Crippen LogP contribution >= 0.6 is 0 Å². The minimum atomic E-state index is -0.192. The Morgan fingerprint density at radius 1 is 1.00 bits per heavy atom. The molecule has 1 saturated heterocycles. The van der Waals surface area contributed by atoms with Crippen molar-refractivity contribution in [3.63, 3.8) is 0 Å². The van der Waals surface area contributed by atoms with Gasteiger partial charge in [-0.15, -0.1) is 0 Å². The zero-order chi connectivity index (χ0) is 17.5. The molecule has 0 saturated carbocycles. The maximum Gasteiger partial charge on any atom is 0.134 e. The molecule has 0 spiro atoms. The molecule has 2 heterocycles. The molecule has 0 bridgehead atoms. The van der Waals surface area contributed by atoms with Gasteiger partial charge in [-0.3, -0.25) is 0 Å². The first-order valence-corrected chi connectivity index (χ1v) is 9.07. The third kappa shape index (κ3) is 4.81. The topological polar surface area (TPSA) is 44.3 Å². The van der Waals surface area contributed by atoms with Crippen molar-refractivity contribution < 1.29 is 4.39 Å². The standard InChI is InChI=1S/C19H26FN5/c1-2-3-4-9-21-18-14-19(23-15-22-18)25-12-10-24(11-13-25)17-7-5-16(20)6-8-17/h5-8,14-15H,2-4,9-13H2,1H3,(H,21,22,23). The van der Waals surface area contributed by atoms with Gasteiger partial charge in [-0.1, -0.05) is 19.8 Å². The van der Waals surface area contributed by atoms with E-state index in [4.69, 9.17) is 0 Å². The second-order valence-corrected chi connectivity index (χ2v) is 6.35. The molecule has 1 aliphatic rings. The van der Waals surface area contributed by atoms with E-state index in [0.717, 1.165) is 56.5 Å². The quantitative estimate of drug-likeness (QED) is 0.779. The maximum atomic E-state index is 13.1. The van der Waals surface area contributed by atoms with Gasteiger partial charge in [0.05, 0.1) is 0 Å². The average Bonchev–Trinajstić information content (AvgIpc) is 2.66. The average molecular weight is 343 g/mol. The van der Waals surface area contributed by atoms with Crippen LogP contribution in [0.4, 0.5) is 21.7 Å². The van der Waals surface area contributed by atoms with Gasteiger partial charge in [0.1, 0.15) is 23.8 Å². The summed E-state index contributed by atoms with van der Waals surface area (Å²) in [5.74, 6) is 1.66. The molecule has 1 aromatic heterocycles. The molecule has 0 amide bonds. The smallest absolute Gasteiger partial charge is 0.134 e. The van der Waals surface area contributed by atoms with Crippen LogP contribution in [0.3, 0.4) is 0 Å². The van der Waals surface area contributed by atoms with Gasteiger partial charge in [0.25, 0.3) is 0 Å². The molecule has 25 heavy (non-hydrogen) atoms. The van der Waals surface area contributed by atoms with Crippen molar-refractivity contribution in [2.45, 2.75) is 26.2 Å². The summed E-state index contributed by atoms with van der Waals surface area (Å²) in [7, 11) is 0. The third-order valence-electron chi connectivity index (χ3n) is 4.53. The van der Waals surface area contributed by atoms with Crippen LogP contribution in [0, 0.1) is 5.82 Å². The van der Waals surface area contributed by atoms with Gasteiger partial charge in [-0.2, -0.15) is 0 Å². The van der Waals surface area contributed by atoms with E-state index >= 15 is 0 Å². The molecular weight excluding hydrogens is 317 g/mol. The zero-order valence-corrected chi connectivity index (χ0v) is 14.8. The highest BCUT2D eigenvalue weighted by atomic mass is 19.1. The Hall–Kier alpha value is -2.37. The first-order chi connectivity index (χ1) is 12.3. The van der Waals surface area contributed by atoms with Gasteiger partial charge < -0.3 is 15.1 Å². The van der Waals surface area contributed by atoms with Crippen LogP contribution in [0.2, 0.25) is 0 Å². The largest absolute Gasteiger partial charge is 0.370 e. The lowest BCUT2D eigenvalue weighted by Gasteiger charge is -2.36. The number of hydrogen-bond donors (Lipinski definition) is 1. The number of rotatable bonds is 7. The minimum absolute atomic E-state index is 0.192. The van der Waals surface area contributed by atoms with Crippen LogP contribution in [0.5, 0.6) is 0 Å². The van der Waals surface area contributed by atoms with Crippen molar-refractivity contribution >= 4 is 17.3 Å². The molecular formula is C19H26FN5. The molecule has 0 atom stereocenters. The molecule has 0 unspecified atom stereocenters. The van der Waals surface area contributed by atoms with Crippen LogP contribution in [0.1, 0.15) is 26.2 Å². The fraction of sp³-hybridized carbons (Fsp3) is 0.474. The van der Waals surface area contributed by atoms with E-state index in [1.807, 2.05) is 18.2 Å². The van der Waals surface area contributed by atoms with Gasteiger partial charge in [0.15, 0.2) is 0 Å². The molecule has 1 fully saturated rings. The first kappa shape index (κ1) is 17.5. The van der Waals surface area contributed by atoms with Gasteiger partial charge in [0, 0.05) is 44.5 Å². The number of piperazine rings is 1. The summed E-state index contributed by atoms with van der Waals surface area (Å²) in [5.41, 5.74) is 1.07. The number of nitrogens with one attached hydrogen (secondary N) is 1. The van der Waals surface area contributed by atoms with E-state index in [2.05, 4.69) is 32.0 Å². The van der Waals surface area contributed by atoms with Gasteiger partial charge in [-0.05, 0) is 30.7 Å². The summed E-state index contributed by atoms with van der Waals surface area (Å²) >= 11 is 0. The second kappa shape index (κ2) is 8.65.